The third-order valence-electron chi connectivity index (χ3n) is 4.94. The number of amides is 1. The van der Waals surface area contributed by atoms with Crippen molar-refractivity contribution in [2.75, 3.05) is 31.6 Å². The van der Waals surface area contributed by atoms with Gasteiger partial charge in [0.15, 0.2) is 0 Å². The van der Waals surface area contributed by atoms with Gasteiger partial charge in [0.2, 0.25) is 5.91 Å². The molecule has 9 heteroatoms. The Labute approximate surface area is 192 Å². The second-order valence-corrected chi connectivity index (χ2v) is 8.97. The fourth-order valence-electron chi connectivity index (χ4n) is 3.12. The summed E-state index contributed by atoms with van der Waals surface area (Å²) >= 11 is 0. The zero-order valence-corrected chi connectivity index (χ0v) is 19.1. The summed E-state index contributed by atoms with van der Waals surface area (Å²) in [7, 11) is -1.03. The van der Waals surface area contributed by atoms with Gasteiger partial charge in [0, 0.05) is 6.54 Å². The van der Waals surface area contributed by atoms with Gasteiger partial charge in [0.1, 0.15) is 23.9 Å². The molecular formula is C24H25FN2O5S. The summed E-state index contributed by atoms with van der Waals surface area (Å²) in [4.78, 5) is 12.6. The minimum Gasteiger partial charge on any atom is -0.497 e. The Bertz CT molecular complexity index is 1160. The summed E-state index contributed by atoms with van der Waals surface area (Å²) in [6, 6.07) is 18.2. The van der Waals surface area contributed by atoms with Gasteiger partial charge in [-0.05, 0) is 72.6 Å². The summed E-state index contributed by atoms with van der Waals surface area (Å²) in [5, 5.41) is 2.74. The Kier molecular flexibility index (Phi) is 7.89. The van der Waals surface area contributed by atoms with Crippen LogP contribution in [0.1, 0.15) is 5.56 Å². The molecule has 33 heavy (non-hydrogen) atoms. The van der Waals surface area contributed by atoms with Gasteiger partial charge in [0.05, 0.1) is 24.8 Å². The van der Waals surface area contributed by atoms with Crippen molar-refractivity contribution >= 4 is 21.6 Å². The lowest BCUT2D eigenvalue weighted by Gasteiger charge is -2.24. The number of rotatable bonds is 10. The van der Waals surface area contributed by atoms with Crippen LogP contribution in [0.3, 0.4) is 0 Å². The van der Waals surface area contributed by atoms with E-state index in [0.717, 1.165) is 27.8 Å². The van der Waals surface area contributed by atoms with E-state index in [2.05, 4.69) is 5.32 Å². The number of methoxy groups -OCH3 is 2. The lowest BCUT2D eigenvalue weighted by atomic mass is 10.1. The molecule has 1 amide bonds. The number of sulfonamides is 1. The Hall–Kier alpha value is -3.59. The maximum atomic E-state index is 13.4. The molecule has 3 aromatic rings. The maximum Gasteiger partial charge on any atom is 0.264 e. The third kappa shape index (κ3) is 6.23. The van der Waals surface area contributed by atoms with Crippen molar-refractivity contribution < 1.29 is 27.1 Å². The van der Waals surface area contributed by atoms with Gasteiger partial charge in [-0.25, -0.2) is 12.8 Å². The summed E-state index contributed by atoms with van der Waals surface area (Å²) in [5.41, 5.74) is 1.18. The van der Waals surface area contributed by atoms with Crippen molar-refractivity contribution in [3.05, 3.63) is 84.2 Å². The number of carbonyl (C=O) groups excluding carboxylic acids is 1. The molecule has 0 atom stereocenters. The summed E-state index contributed by atoms with van der Waals surface area (Å²) < 4.78 is 51.2. The van der Waals surface area contributed by atoms with Gasteiger partial charge in [0.25, 0.3) is 10.0 Å². The number of benzene rings is 3. The molecule has 0 heterocycles. The smallest absolute Gasteiger partial charge is 0.264 e. The number of nitrogens with zero attached hydrogens (tertiary/aromatic N) is 1. The van der Waals surface area contributed by atoms with Gasteiger partial charge < -0.3 is 14.8 Å². The van der Waals surface area contributed by atoms with Crippen LogP contribution in [0.5, 0.6) is 11.5 Å². The number of anilines is 1. The largest absolute Gasteiger partial charge is 0.497 e. The fraction of sp³-hybridized carbons (Fsp3) is 0.208. The van der Waals surface area contributed by atoms with E-state index in [1.54, 1.807) is 7.11 Å². The number of hydrogen-bond donors (Lipinski definition) is 1. The van der Waals surface area contributed by atoms with Gasteiger partial charge in [-0.3, -0.25) is 9.10 Å². The minimum atomic E-state index is -4.09. The Morgan fingerprint density at radius 1 is 0.879 bits per heavy atom. The van der Waals surface area contributed by atoms with Crippen LogP contribution in [0.2, 0.25) is 0 Å². The molecule has 0 radical (unpaired) electrons. The monoisotopic (exact) mass is 472 g/mol. The Morgan fingerprint density at radius 2 is 1.42 bits per heavy atom. The molecule has 0 aromatic heterocycles. The molecule has 0 bridgehead atoms. The van der Waals surface area contributed by atoms with E-state index < -0.39 is 28.3 Å². The Balaban J connectivity index is 1.74. The molecule has 0 aliphatic carbocycles. The quantitative estimate of drug-likeness (QED) is 0.489. The standard InChI is InChI=1S/C24H25FN2O5S/c1-31-21-9-3-18(4-10-21)15-16-26-24(28)17-27(20-7-5-19(25)6-8-20)33(29,30)23-13-11-22(32-2)12-14-23/h3-14H,15-17H2,1-2H3,(H,26,28). The lowest BCUT2D eigenvalue weighted by Crippen LogP contribution is -2.41. The van der Waals surface area contributed by atoms with Crippen molar-refractivity contribution in [3.8, 4) is 11.5 Å². The molecule has 0 aliphatic rings. The van der Waals surface area contributed by atoms with Crippen molar-refractivity contribution in [1.82, 2.24) is 5.32 Å². The average molecular weight is 473 g/mol. The zero-order chi connectivity index (χ0) is 23.8. The first-order valence-electron chi connectivity index (χ1n) is 10.2. The molecule has 0 fully saturated rings. The van der Waals surface area contributed by atoms with E-state index >= 15 is 0 Å². The fourth-order valence-corrected chi connectivity index (χ4v) is 4.54. The number of nitrogens with one attached hydrogen (secondary N) is 1. The average Bonchev–Trinajstić information content (AvgIpc) is 2.83. The molecule has 0 aliphatic heterocycles. The zero-order valence-electron chi connectivity index (χ0n) is 18.3. The highest BCUT2D eigenvalue weighted by Gasteiger charge is 2.27. The number of halogens is 1. The lowest BCUT2D eigenvalue weighted by molar-refractivity contribution is -0.119. The van der Waals surface area contributed by atoms with E-state index in [1.807, 2.05) is 24.3 Å². The van der Waals surface area contributed by atoms with E-state index in [0.29, 0.717) is 18.7 Å². The molecule has 3 rings (SSSR count). The number of ether oxygens (including phenoxy) is 2. The summed E-state index contributed by atoms with van der Waals surface area (Å²) in [5.74, 6) is 0.245. The molecule has 174 valence electrons. The van der Waals surface area contributed by atoms with Crippen LogP contribution >= 0.6 is 0 Å². The van der Waals surface area contributed by atoms with Crippen LogP contribution in [-0.2, 0) is 21.2 Å². The molecule has 7 nitrogen and oxygen atoms in total. The van der Waals surface area contributed by atoms with Gasteiger partial charge >= 0.3 is 0 Å². The SMILES string of the molecule is COc1ccc(CCNC(=O)CN(c2ccc(F)cc2)S(=O)(=O)c2ccc(OC)cc2)cc1. The maximum absolute atomic E-state index is 13.4. The van der Waals surface area contributed by atoms with E-state index in [-0.39, 0.29) is 10.6 Å². The summed E-state index contributed by atoms with van der Waals surface area (Å²) in [6.45, 7) is -0.131. The van der Waals surface area contributed by atoms with E-state index in [4.69, 9.17) is 9.47 Å². The first kappa shape index (κ1) is 24.1. The van der Waals surface area contributed by atoms with Crippen LogP contribution in [0.25, 0.3) is 0 Å². The molecule has 0 spiro atoms. The molecule has 0 saturated carbocycles. The summed E-state index contributed by atoms with van der Waals surface area (Å²) in [6.07, 6.45) is 0.567. The molecule has 3 aromatic carbocycles. The molecule has 0 unspecified atom stereocenters. The normalized spacial score (nSPS) is 11.0. The van der Waals surface area contributed by atoms with Crippen molar-refractivity contribution in [1.29, 1.82) is 0 Å². The molecule has 0 saturated heterocycles. The minimum absolute atomic E-state index is 0.0151. The van der Waals surface area contributed by atoms with Crippen LogP contribution in [0.4, 0.5) is 10.1 Å². The highest BCUT2D eigenvalue weighted by molar-refractivity contribution is 7.92. The van der Waals surface area contributed by atoms with E-state index in [9.17, 15) is 17.6 Å². The van der Waals surface area contributed by atoms with E-state index in [1.165, 1.54) is 43.5 Å². The van der Waals surface area contributed by atoms with Crippen LogP contribution in [-0.4, -0.2) is 41.6 Å². The molecular weight excluding hydrogens is 447 g/mol. The van der Waals surface area contributed by atoms with Crippen molar-refractivity contribution in [2.45, 2.75) is 11.3 Å². The second-order valence-electron chi connectivity index (χ2n) is 7.11. The van der Waals surface area contributed by atoms with Crippen molar-refractivity contribution in [3.63, 3.8) is 0 Å². The van der Waals surface area contributed by atoms with Crippen LogP contribution in [0, 0.1) is 5.82 Å². The first-order chi connectivity index (χ1) is 15.8. The highest BCUT2D eigenvalue weighted by atomic mass is 32.2. The van der Waals surface area contributed by atoms with Gasteiger partial charge in [-0.15, -0.1) is 0 Å². The number of carbonyl (C=O) groups is 1. The number of hydrogen-bond acceptors (Lipinski definition) is 5. The Morgan fingerprint density at radius 3 is 1.97 bits per heavy atom. The van der Waals surface area contributed by atoms with Gasteiger partial charge in [-0.1, -0.05) is 12.1 Å². The topological polar surface area (TPSA) is 84.9 Å². The van der Waals surface area contributed by atoms with Crippen LogP contribution in [0.15, 0.2) is 77.7 Å². The molecule has 1 N–H and O–H groups in total. The third-order valence-corrected chi connectivity index (χ3v) is 6.73. The second kappa shape index (κ2) is 10.8. The first-order valence-corrected chi connectivity index (χ1v) is 11.6. The highest BCUT2D eigenvalue weighted by Crippen LogP contribution is 2.25. The predicted octanol–water partition coefficient (Wildman–Crippen LogP) is 3.40. The van der Waals surface area contributed by atoms with Gasteiger partial charge in [-0.2, -0.15) is 0 Å². The predicted molar refractivity (Wildman–Crippen MR) is 124 cm³/mol. The van der Waals surface area contributed by atoms with Crippen LogP contribution < -0.4 is 19.1 Å². The van der Waals surface area contributed by atoms with Crippen molar-refractivity contribution in [2.24, 2.45) is 0 Å².